The summed E-state index contributed by atoms with van der Waals surface area (Å²) in [6.07, 6.45) is 89.2. The number of ether oxygens (including phenoxy) is 3. The van der Waals surface area contributed by atoms with Crippen LogP contribution in [0.5, 0.6) is 0 Å². The molecule has 7 atom stereocenters. The molecule has 1 aliphatic heterocycles. The molecule has 0 spiro atoms. The van der Waals surface area contributed by atoms with Gasteiger partial charge in [-0.2, -0.15) is 0 Å². The van der Waals surface area contributed by atoms with Crippen molar-refractivity contribution in [3.05, 3.63) is 36.5 Å². The number of aliphatic hydroxyl groups is 5. The number of hydrogen-bond donors (Lipinski definition) is 6. The van der Waals surface area contributed by atoms with Crippen LogP contribution in [0.2, 0.25) is 0 Å². The maximum Gasteiger partial charge on any atom is 0.305 e. The lowest BCUT2D eigenvalue weighted by molar-refractivity contribution is -0.302. The van der Waals surface area contributed by atoms with Crippen LogP contribution in [0.15, 0.2) is 36.5 Å². The Balaban J connectivity index is 1.88. The quantitative estimate of drug-likeness (QED) is 0.0195. The molecular formula is C86H163NO10. The highest BCUT2D eigenvalue weighted by Gasteiger charge is 2.44. The lowest BCUT2D eigenvalue weighted by Gasteiger charge is -2.40. The summed E-state index contributed by atoms with van der Waals surface area (Å²) in [5.74, 6) is -0.166. The standard InChI is InChI=1S/C86H163NO10/c1-3-5-7-9-11-13-15-17-44-48-52-56-60-64-68-72-79(89)78(77-96-86-85(94)84(93)83(92)80(76-88)97-86)87-81(90)73-69-65-61-57-53-49-46-42-40-38-36-34-32-30-28-26-24-22-20-19-21-23-25-27-29-31-33-35-37-39-41-43-47-51-55-59-63-67-71-75-95-82(91)74-70-66-62-58-54-50-45-18-16-14-12-10-8-6-4-2/h15,17,52,56,68,72,78-80,83-86,88-89,92-94H,3-14,16,18-51,53-55,57-67,69-71,73-77H2,1-2H3,(H,87,90)/b17-15+,56-52+,72-68+. The highest BCUT2D eigenvalue weighted by molar-refractivity contribution is 5.76. The zero-order chi connectivity index (χ0) is 70.1. The normalized spacial score (nSPS) is 17.4. The van der Waals surface area contributed by atoms with E-state index in [9.17, 15) is 35.1 Å². The second-order valence-electron chi connectivity index (χ2n) is 29.9. The van der Waals surface area contributed by atoms with Crippen molar-refractivity contribution in [2.24, 2.45) is 0 Å². The topological polar surface area (TPSA) is 175 Å². The first-order valence-corrected chi connectivity index (χ1v) is 42.8. The molecule has 0 bridgehead atoms. The first kappa shape index (κ1) is 92.9. The Morgan fingerprint density at radius 1 is 0.371 bits per heavy atom. The zero-order valence-corrected chi connectivity index (χ0v) is 64.1. The predicted molar refractivity (Wildman–Crippen MR) is 412 cm³/mol. The SMILES string of the molecule is CCCCCCC/C=C/CC/C=C/CC/C=C/C(O)C(COC1OC(CO)C(O)C(O)C1O)NC(=O)CCCCCCCCCCCCCCCCCCCCCCCCCCCCCCCCCCCCCCCCCOC(=O)CCCCCCCCCCCCCCCCC. The summed E-state index contributed by atoms with van der Waals surface area (Å²) in [7, 11) is 0. The summed E-state index contributed by atoms with van der Waals surface area (Å²) < 4.78 is 16.8. The Kier molecular flexibility index (Phi) is 71.9. The molecule has 0 aromatic heterocycles. The number of hydrogen-bond acceptors (Lipinski definition) is 10. The first-order chi connectivity index (χ1) is 47.7. The van der Waals surface area contributed by atoms with E-state index in [1.54, 1.807) is 6.08 Å². The highest BCUT2D eigenvalue weighted by atomic mass is 16.7. The fraction of sp³-hybridized carbons (Fsp3) is 0.907. The van der Waals surface area contributed by atoms with Crippen molar-refractivity contribution < 1.29 is 49.3 Å². The summed E-state index contributed by atoms with van der Waals surface area (Å²) in [4.78, 5) is 25.2. The zero-order valence-electron chi connectivity index (χ0n) is 64.1. The minimum Gasteiger partial charge on any atom is -0.466 e. The maximum absolute atomic E-state index is 13.1. The molecule has 97 heavy (non-hydrogen) atoms. The van der Waals surface area contributed by atoms with E-state index >= 15 is 0 Å². The van der Waals surface area contributed by atoms with Crippen molar-refractivity contribution >= 4 is 11.9 Å². The Labute approximate surface area is 600 Å². The van der Waals surface area contributed by atoms with Gasteiger partial charge in [-0.3, -0.25) is 9.59 Å². The number of carbonyl (C=O) groups excluding carboxylic acids is 2. The molecule has 0 aliphatic carbocycles. The van der Waals surface area contributed by atoms with Crippen molar-refractivity contribution in [3.63, 3.8) is 0 Å². The average Bonchev–Trinajstić information content (AvgIpc) is 0.839. The average molecular weight is 1370 g/mol. The molecule has 1 heterocycles. The second kappa shape index (κ2) is 75.1. The minimum atomic E-state index is -1.58. The van der Waals surface area contributed by atoms with Gasteiger partial charge in [0.2, 0.25) is 5.91 Å². The number of rotatable bonds is 77. The van der Waals surface area contributed by atoms with Gasteiger partial charge in [0.05, 0.1) is 32.0 Å². The fourth-order valence-electron chi connectivity index (χ4n) is 13.8. The molecule has 1 aliphatic rings. The van der Waals surface area contributed by atoms with Gasteiger partial charge in [-0.25, -0.2) is 0 Å². The smallest absolute Gasteiger partial charge is 0.305 e. The molecule has 11 nitrogen and oxygen atoms in total. The Hall–Kier alpha value is -2.12. The number of carbonyl (C=O) groups is 2. The number of amides is 1. The molecule has 7 unspecified atom stereocenters. The van der Waals surface area contributed by atoms with Gasteiger partial charge in [0.1, 0.15) is 24.4 Å². The lowest BCUT2D eigenvalue weighted by atomic mass is 9.99. The fourth-order valence-corrected chi connectivity index (χ4v) is 13.8. The van der Waals surface area contributed by atoms with E-state index in [4.69, 9.17) is 14.2 Å². The van der Waals surface area contributed by atoms with Crippen LogP contribution < -0.4 is 5.32 Å². The molecule has 11 heteroatoms. The van der Waals surface area contributed by atoms with Gasteiger partial charge in [0.25, 0.3) is 0 Å². The van der Waals surface area contributed by atoms with Crippen molar-refractivity contribution in [3.8, 4) is 0 Å². The van der Waals surface area contributed by atoms with Crippen LogP contribution in [0.3, 0.4) is 0 Å². The van der Waals surface area contributed by atoms with Crippen LogP contribution in [-0.2, 0) is 23.8 Å². The molecule has 0 aromatic rings. The van der Waals surface area contributed by atoms with E-state index in [1.807, 2.05) is 6.08 Å². The highest BCUT2D eigenvalue weighted by Crippen LogP contribution is 2.24. The summed E-state index contributed by atoms with van der Waals surface area (Å²) in [6.45, 7) is 4.38. The van der Waals surface area contributed by atoms with E-state index in [0.29, 0.717) is 19.4 Å². The van der Waals surface area contributed by atoms with E-state index in [-0.39, 0.29) is 18.5 Å². The van der Waals surface area contributed by atoms with Crippen molar-refractivity contribution in [1.29, 1.82) is 0 Å². The summed E-state index contributed by atoms with van der Waals surface area (Å²) in [5, 5.41) is 54.6. The molecule has 0 radical (unpaired) electrons. The molecule has 0 aromatic carbocycles. The number of esters is 1. The number of unbranched alkanes of at least 4 members (excludes halogenated alkanes) is 59. The van der Waals surface area contributed by atoms with Crippen LogP contribution >= 0.6 is 0 Å². The van der Waals surface area contributed by atoms with Gasteiger partial charge in [-0.15, -0.1) is 0 Å². The molecule has 0 saturated carbocycles. The van der Waals surface area contributed by atoms with Gasteiger partial charge >= 0.3 is 5.97 Å². The van der Waals surface area contributed by atoms with Crippen molar-refractivity contribution in [2.75, 3.05) is 19.8 Å². The summed E-state index contributed by atoms with van der Waals surface area (Å²) in [6, 6.07) is -0.831. The molecule has 6 N–H and O–H groups in total. The number of aliphatic hydroxyl groups excluding tert-OH is 5. The van der Waals surface area contributed by atoms with Gasteiger partial charge in [-0.05, 0) is 57.8 Å². The molecule has 572 valence electrons. The molecule has 1 saturated heterocycles. The van der Waals surface area contributed by atoms with E-state index in [1.165, 1.54) is 347 Å². The Bertz CT molecular complexity index is 1710. The third-order valence-electron chi connectivity index (χ3n) is 20.5. The molecule has 1 rings (SSSR count). The molecule has 1 amide bonds. The minimum absolute atomic E-state index is 0.0219. The maximum atomic E-state index is 13.1. The van der Waals surface area contributed by atoms with Crippen molar-refractivity contribution in [1.82, 2.24) is 5.32 Å². The third kappa shape index (κ3) is 63.3. The van der Waals surface area contributed by atoms with Crippen LogP contribution in [0.1, 0.15) is 438 Å². The lowest BCUT2D eigenvalue weighted by Crippen LogP contribution is -2.60. The van der Waals surface area contributed by atoms with Crippen LogP contribution in [0, 0.1) is 0 Å². The Morgan fingerprint density at radius 3 is 1.02 bits per heavy atom. The first-order valence-electron chi connectivity index (χ1n) is 42.8. The van der Waals surface area contributed by atoms with Gasteiger partial charge in [0, 0.05) is 12.8 Å². The predicted octanol–water partition coefficient (Wildman–Crippen LogP) is 23.6. The van der Waals surface area contributed by atoms with Gasteiger partial charge in [-0.1, -0.05) is 403 Å². The van der Waals surface area contributed by atoms with E-state index in [0.717, 1.165) is 64.2 Å². The third-order valence-corrected chi connectivity index (χ3v) is 20.5. The number of allylic oxidation sites excluding steroid dienone is 5. The van der Waals surface area contributed by atoms with E-state index < -0.39 is 49.5 Å². The van der Waals surface area contributed by atoms with Crippen LogP contribution in [0.4, 0.5) is 0 Å². The summed E-state index contributed by atoms with van der Waals surface area (Å²) >= 11 is 0. The second-order valence-corrected chi connectivity index (χ2v) is 29.9. The Morgan fingerprint density at radius 2 is 0.670 bits per heavy atom. The largest absolute Gasteiger partial charge is 0.466 e. The van der Waals surface area contributed by atoms with E-state index in [2.05, 4.69) is 43.5 Å². The number of nitrogens with one attached hydrogen (secondary N) is 1. The van der Waals surface area contributed by atoms with Gasteiger partial charge < -0.3 is 45.1 Å². The van der Waals surface area contributed by atoms with Gasteiger partial charge in [0.15, 0.2) is 6.29 Å². The summed E-state index contributed by atoms with van der Waals surface area (Å²) in [5.41, 5.74) is 0. The monoisotopic (exact) mass is 1370 g/mol. The van der Waals surface area contributed by atoms with Crippen LogP contribution in [0.25, 0.3) is 0 Å². The van der Waals surface area contributed by atoms with Crippen LogP contribution in [-0.4, -0.2) is 100 Å². The molecular weight excluding hydrogens is 1210 g/mol. The molecule has 1 fully saturated rings. The van der Waals surface area contributed by atoms with Crippen molar-refractivity contribution in [2.45, 2.75) is 480 Å².